The second-order valence-corrected chi connectivity index (χ2v) is 7.78. The molecule has 3 aromatic rings. The normalized spacial score (nSPS) is 15.3. The van der Waals surface area contributed by atoms with Gasteiger partial charge in [-0.3, -0.25) is 14.4 Å². The fourth-order valence-electron chi connectivity index (χ4n) is 3.10. The first kappa shape index (κ1) is 19.0. The highest BCUT2D eigenvalue weighted by molar-refractivity contribution is 8.01. The molecule has 0 saturated carbocycles. The molecule has 0 fully saturated rings. The Morgan fingerprint density at radius 2 is 1.76 bits per heavy atom. The third kappa shape index (κ3) is 4.41. The number of thioether (sulfide) groups is 1. The number of para-hydroxylation sites is 1. The van der Waals surface area contributed by atoms with Gasteiger partial charge in [-0.25, -0.2) is 0 Å². The monoisotopic (exact) mass is 406 g/mol. The van der Waals surface area contributed by atoms with Gasteiger partial charge in [0.15, 0.2) is 6.61 Å². The molecule has 2 N–H and O–H groups in total. The Hall–Kier alpha value is -3.32. The van der Waals surface area contributed by atoms with E-state index < -0.39 is 23.7 Å². The number of esters is 1. The van der Waals surface area contributed by atoms with E-state index in [-0.39, 0.29) is 12.3 Å². The lowest BCUT2D eigenvalue weighted by Crippen LogP contribution is -2.32. The van der Waals surface area contributed by atoms with Crippen LogP contribution in [-0.2, 0) is 19.1 Å². The second-order valence-electron chi connectivity index (χ2n) is 6.53. The Bertz CT molecular complexity index is 1090. The first-order chi connectivity index (χ1) is 14.1. The molecule has 3 aromatic carbocycles. The van der Waals surface area contributed by atoms with Crippen molar-refractivity contribution in [2.75, 3.05) is 17.2 Å². The van der Waals surface area contributed by atoms with Crippen molar-refractivity contribution < 1.29 is 19.1 Å². The summed E-state index contributed by atoms with van der Waals surface area (Å²) in [5, 5.41) is 6.87. The van der Waals surface area contributed by atoms with E-state index in [4.69, 9.17) is 4.74 Å². The molecular formula is C22H18N2O4S. The smallest absolute Gasteiger partial charge is 0.307 e. The van der Waals surface area contributed by atoms with Crippen LogP contribution in [0.25, 0.3) is 10.8 Å². The summed E-state index contributed by atoms with van der Waals surface area (Å²) in [5.74, 6) is -1.27. The number of rotatable bonds is 5. The minimum atomic E-state index is -0.592. The van der Waals surface area contributed by atoms with Crippen LogP contribution in [0.15, 0.2) is 71.6 Å². The summed E-state index contributed by atoms with van der Waals surface area (Å²) in [6.45, 7) is -0.405. The summed E-state index contributed by atoms with van der Waals surface area (Å²) < 4.78 is 5.08. The van der Waals surface area contributed by atoms with Crippen LogP contribution >= 0.6 is 11.8 Å². The van der Waals surface area contributed by atoms with Gasteiger partial charge in [0, 0.05) is 16.0 Å². The topological polar surface area (TPSA) is 84.5 Å². The van der Waals surface area contributed by atoms with Gasteiger partial charge in [-0.05, 0) is 23.6 Å². The Labute approximate surface area is 171 Å². The van der Waals surface area contributed by atoms with Crippen LogP contribution in [-0.4, -0.2) is 29.6 Å². The molecule has 2 amide bonds. The number of hydrogen-bond donors (Lipinski definition) is 2. The number of benzene rings is 3. The Kier molecular flexibility index (Phi) is 5.48. The maximum absolute atomic E-state index is 12.2. The second kappa shape index (κ2) is 8.36. The van der Waals surface area contributed by atoms with Crippen molar-refractivity contribution in [2.45, 2.75) is 16.6 Å². The van der Waals surface area contributed by atoms with E-state index in [1.54, 1.807) is 6.07 Å². The number of amides is 2. The zero-order chi connectivity index (χ0) is 20.2. The van der Waals surface area contributed by atoms with Gasteiger partial charge in [-0.2, -0.15) is 0 Å². The van der Waals surface area contributed by atoms with Crippen LogP contribution in [0.4, 0.5) is 11.4 Å². The van der Waals surface area contributed by atoms with Gasteiger partial charge in [0.25, 0.3) is 5.91 Å². The van der Waals surface area contributed by atoms with E-state index >= 15 is 0 Å². The summed E-state index contributed by atoms with van der Waals surface area (Å²) >= 11 is 1.32. The van der Waals surface area contributed by atoms with E-state index in [0.717, 1.165) is 21.4 Å². The molecule has 4 rings (SSSR count). The van der Waals surface area contributed by atoms with E-state index in [1.807, 2.05) is 60.7 Å². The molecule has 0 unspecified atom stereocenters. The van der Waals surface area contributed by atoms with Crippen molar-refractivity contribution >= 4 is 51.7 Å². The van der Waals surface area contributed by atoms with Crippen LogP contribution in [0, 0.1) is 0 Å². The van der Waals surface area contributed by atoms with Gasteiger partial charge in [-0.15, -0.1) is 11.8 Å². The van der Waals surface area contributed by atoms with Crippen LogP contribution in [0.1, 0.15) is 6.42 Å². The highest BCUT2D eigenvalue weighted by atomic mass is 32.2. The molecule has 29 heavy (non-hydrogen) atoms. The van der Waals surface area contributed by atoms with Crippen molar-refractivity contribution in [3.05, 3.63) is 66.7 Å². The SMILES string of the molecule is O=C(COC(=O)C[C@H]1Sc2ccccc2NC1=O)Nc1cccc2ccccc12. The first-order valence-corrected chi connectivity index (χ1v) is 9.98. The molecule has 1 atom stereocenters. The number of nitrogens with one attached hydrogen (secondary N) is 2. The molecule has 0 aromatic heterocycles. The molecule has 0 radical (unpaired) electrons. The molecule has 0 bridgehead atoms. The largest absolute Gasteiger partial charge is 0.456 e. The molecule has 6 nitrogen and oxygen atoms in total. The maximum atomic E-state index is 12.2. The molecular weight excluding hydrogens is 388 g/mol. The third-order valence-electron chi connectivity index (χ3n) is 4.49. The van der Waals surface area contributed by atoms with Gasteiger partial charge < -0.3 is 15.4 Å². The third-order valence-corrected chi connectivity index (χ3v) is 5.76. The van der Waals surface area contributed by atoms with E-state index in [1.165, 1.54) is 11.8 Å². The van der Waals surface area contributed by atoms with Crippen molar-refractivity contribution in [1.82, 2.24) is 0 Å². The zero-order valence-electron chi connectivity index (χ0n) is 15.4. The molecule has 1 aliphatic rings. The predicted octanol–water partition coefficient (Wildman–Crippen LogP) is 3.82. The fourth-order valence-corrected chi connectivity index (χ4v) is 4.20. The van der Waals surface area contributed by atoms with Gasteiger partial charge in [0.2, 0.25) is 5.91 Å². The van der Waals surface area contributed by atoms with E-state index in [2.05, 4.69) is 10.6 Å². The van der Waals surface area contributed by atoms with Gasteiger partial charge in [0.05, 0.1) is 17.4 Å². The van der Waals surface area contributed by atoms with Gasteiger partial charge >= 0.3 is 5.97 Å². The number of hydrogen-bond acceptors (Lipinski definition) is 5. The Morgan fingerprint density at radius 1 is 1.00 bits per heavy atom. The quantitative estimate of drug-likeness (QED) is 0.629. The summed E-state index contributed by atoms with van der Waals surface area (Å²) in [6, 6.07) is 20.7. The van der Waals surface area contributed by atoms with Crippen molar-refractivity contribution in [2.24, 2.45) is 0 Å². The number of carbonyl (C=O) groups excluding carboxylic acids is 3. The van der Waals surface area contributed by atoms with E-state index in [9.17, 15) is 14.4 Å². The minimum Gasteiger partial charge on any atom is -0.456 e. The fraction of sp³-hybridized carbons (Fsp3) is 0.136. The van der Waals surface area contributed by atoms with Crippen molar-refractivity contribution in [3.8, 4) is 0 Å². The minimum absolute atomic E-state index is 0.105. The van der Waals surface area contributed by atoms with Gasteiger partial charge in [-0.1, -0.05) is 48.5 Å². The Balaban J connectivity index is 1.31. The molecule has 1 aliphatic heterocycles. The molecule has 0 aliphatic carbocycles. The lowest BCUT2D eigenvalue weighted by Gasteiger charge is -2.23. The number of carbonyl (C=O) groups is 3. The summed E-state index contributed by atoms with van der Waals surface area (Å²) in [6.07, 6.45) is -0.105. The lowest BCUT2D eigenvalue weighted by atomic mass is 10.1. The Morgan fingerprint density at radius 3 is 2.66 bits per heavy atom. The molecule has 7 heteroatoms. The highest BCUT2D eigenvalue weighted by Crippen LogP contribution is 2.36. The number of anilines is 2. The number of fused-ring (bicyclic) bond motifs is 2. The lowest BCUT2D eigenvalue weighted by molar-refractivity contribution is -0.147. The summed E-state index contributed by atoms with van der Waals surface area (Å²) in [4.78, 5) is 37.4. The standard InChI is InChI=1S/C22H18N2O4S/c25-20(23-16-10-5-7-14-6-1-2-8-15(14)16)13-28-21(26)12-19-22(27)24-17-9-3-4-11-18(17)29-19/h1-11,19H,12-13H2,(H,23,25)(H,24,27)/t19-/m1/s1. The predicted molar refractivity (Wildman–Crippen MR) is 113 cm³/mol. The van der Waals surface area contributed by atoms with Crippen LogP contribution in [0.5, 0.6) is 0 Å². The van der Waals surface area contributed by atoms with E-state index in [0.29, 0.717) is 5.69 Å². The zero-order valence-corrected chi connectivity index (χ0v) is 16.2. The van der Waals surface area contributed by atoms with Crippen molar-refractivity contribution in [3.63, 3.8) is 0 Å². The first-order valence-electron chi connectivity index (χ1n) is 9.10. The average Bonchev–Trinajstić information content (AvgIpc) is 2.73. The van der Waals surface area contributed by atoms with Crippen LogP contribution in [0.3, 0.4) is 0 Å². The van der Waals surface area contributed by atoms with Crippen molar-refractivity contribution in [1.29, 1.82) is 0 Å². The maximum Gasteiger partial charge on any atom is 0.307 e. The highest BCUT2D eigenvalue weighted by Gasteiger charge is 2.29. The summed E-state index contributed by atoms with van der Waals surface area (Å²) in [5.41, 5.74) is 1.39. The molecule has 0 spiro atoms. The molecule has 0 saturated heterocycles. The van der Waals surface area contributed by atoms with Gasteiger partial charge in [0.1, 0.15) is 0 Å². The molecule has 1 heterocycles. The summed E-state index contributed by atoms with van der Waals surface area (Å²) in [7, 11) is 0. The average molecular weight is 406 g/mol. The van der Waals surface area contributed by atoms with Crippen LogP contribution in [0.2, 0.25) is 0 Å². The number of ether oxygens (including phenoxy) is 1. The molecule has 146 valence electrons. The van der Waals surface area contributed by atoms with Crippen LogP contribution < -0.4 is 10.6 Å².